The Morgan fingerprint density at radius 1 is 1.60 bits per heavy atom. The second kappa shape index (κ2) is 3.79. The molecule has 2 N–H and O–H groups in total. The summed E-state index contributed by atoms with van der Waals surface area (Å²) in [5.41, 5.74) is 7.27. The molecule has 1 heterocycles. The van der Waals surface area contributed by atoms with E-state index in [1.165, 1.54) is 6.07 Å². The van der Waals surface area contributed by atoms with Gasteiger partial charge in [0.05, 0.1) is 13.2 Å². The molecule has 1 aliphatic heterocycles. The van der Waals surface area contributed by atoms with E-state index >= 15 is 0 Å². The Morgan fingerprint density at radius 2 is 2.33 bits per heavy atom. The number of nitrogens with zero attached hydrogens (tertiary/aromatic N) is 1. The van der Waals surface area contributed by atoms with Crippen LogP contribution < -0.4 is 10.5 Å². The Balaban J connectivity index is 2.55. The second-order valence-electron chi connectivity index (χ2n) is 3.81. The number of hydrogen-bond donors (Lipinski definition) is 1. The average molecular weight is 210 g/mol. The Bertz CT molecular complexity index is 381. The van der Waals surface area contributed by atoms with Gasteiger partial charge in [-0.15, -0.1) is 0 Å². The van der Waals surface area contributed by atoms with E-state index < -0.39 is 0 Å². The number of fused-ring (bicyclic) bond motifs is 1. The average Bonchev–Trinajstić information content (AvgIpc) is 2.56. The molecule has 0 amide bonds. The van der Waals surface area contributed by atoms with Gasteiger partial charge >= 0.3 is 0 Å². The zero-order valence-electron chi connectivity index (χ0n) is 8.96. The summed E-state index contributed by atoms with van der Waals surface area (Å²) >= 11 is 0. The van der Waals surface area contributed by atoms with Crippen LogP contribution in [-0.2, 0) is 6.54 Å². The third-order valence-electron chi connectivity index (χ3n) is 2.98. The van der Waals surface area contributed by atoms with E-state index in [1.54, 1.807) is 13.2 Å². The highest BCUT2D eigenvalue weighted by atomic mass is 19.1. The van der Waals surface area contributed by atoms with Crippen molar-refractivity contribution in [3.63, 3.8) is 0 Å². The van der Waals surface area contributed by atoms with Gasteiger partial charge in [-0.3, -0.25) is 4.90 Å². The predicted molar refractivity (Wildman–Crippen MR) is 56.2 cm³/mol. The minimum Gasteiger partial charge on any atom is -0.496 e. The molecule has 0 aliphatic carbocycles. The third kappa shape index (κ3) is 1.50. The van der Waals surface area contributed by atoms with Gasteiger partial charge < -0.3 is 10.5 Å². The molecular formula is C11H15FN2O. The van der Waals surface area contributed by atoms with Crippen LogP contribution in [0, 0.1) is 5.82 Å². The van der Waals surface area contributed by atoms with Crippen molar-refractivity contribution in [2.24, 2.45) is 5.73 Å². The second-order valence-corrected chi connectivity index (χ2v) is 3.81. The third-order valence-corrected chi connectivity index (χ3v) is 2.98. The molecule has 1 aliphatic rings. The lowest BCUT2D eigenvalue weighted by molar-refractivity contribution is 0.269. The quantitative estimate of drug-likeness (QED) is 0.799. The SMILES string of the molecule is COc1ccc(F)c2c1CN(C)C2CN. The molecule has 0 aromatic heterocycles. The van der Waals surface area contributed by atoms with E-state index in [0.29, 0.717) is 18.7 Å². The van der Waals surface area contributed by atoms with Crippen molar-refractivity contribution < 1.29 is 9.13 Å². The van der Waals surface area contributed by atoms with Gasteiger partial charge in [-0.25, -0.2) is 4.39 Å². The molecule has 0 radical (unpaired) electrons. The van der Waals surface area contributed by atoms with E-state index in [2.05, 4.69) is 0 Å². The highest BCUT2D eigenvalue weighted by molar-refractivity contribution is 5.45. The molecule has 1 unspecified atom stereocenters. The van der Waals surface area contributed by atoms with Crippen molar-refractivity contribution in [1.29, 1.82) is 0 Å². The molecular weight excluding hydrogens is 195 g/mol. The normalized spacial score (nSPS) is 20.4. The van der Waals surface area contributed by atoms with Crippen LogP contribution in [0.5, 0.6) is 5.75 Å². The summed E-state index contributed by atoms with van der Waals surface area (Å²) in [6.45, 7) is 1.12. The zero-order chi connectivity index (χ0) is 11.0. The molecule has 1 aromatic rings. The Labute approximate surface area is 88.6 Å². The first-order chi connectivity index (χ1) is 7.19. The number of likely N-dealkylation sites (N-methyl/N-ethyl adjacent to an activating group) is 1. The fourth-order valence-electron chi connectivity index (χ4n) is 2.21. The summed E-state index contributed by atoms with van der Waals surface area (Å²) in [5.74, 6) is 0.555. The Hall–Kier alpha value is -1.13. The largest absolute Gasteiger partial charge is 0.496 e. The molecule has 82 valence electrons. The smallest absolute Gasteiger partial charge is 0.128 e. The molecule has 3 nitrogen and oxygen atoms in total. The molecule has 0 fully saturated rings. The van der Waals surface area contributed by atoms with Gasteiger partial charge in [0.2, 0.25) is 0 Å². The molecule has 0 bridgehead atoms. The van der Waals surface area contributed by atoms with Crippen molar-refractivity contribution in [1.82, 2.24) is 4.90 Å². The number of methoxy groups -OCH3 is 1. The summed E-state index contributed by atoms with van der Waals surface area (Å²) in [7, 11) is 3.54. The first-order valence-electron chi connectivity index (χ1n) is 4.94. The fourth-order valence-corrected chi connectivity index (χ4v) is 2.21. The van der Waals surface area contributed by atoms with Gasteiger partial charge in [-0.2, -0.15) is 0 Å². The van der Waals surface area contributed by atoms with Crippen LogP contribution in [0.4, 0.5) is 4.39 Å². The standard InChI is InChI=1S/C11H15FN2O/c1-14-6-7-10(15-2)4-3-8(12)11(7)9(14)5-13/h3-4,9H,5-6,13H2,1-2H3. The van der Waals surface area contributed by atoms with Crippen LogP contribution >= 0.6 is 0 Å². The van der Waals surface area contributed by atoms with E-state index in [-0.39, 0.29) is 11.9 Å². The van der Waals surface area contributed by atoms with Crippen LogP contribution in [0.25, 0.3) is 0 Å². The van der Waals surface area contributed by atoms with Crippen molar-refractivity contribution >= 4 is 0 Å². The molecule has 2 rings (SSSR count). The summed E-state index contributed by atoms with van der Waals surface area (Å²) in [4.78, 5) is 2.04. The summed E-state index contributed by atoms with van der Waals surface area (Å²) in [5, 5.41) is 0. The Kier molecular flexibility index (Phi) is 2.63. The van der Waals surface area contributed by atoms with Crippen molar-refractivity contribution in [2.45, 2.75) is 12.6 Å². The lowest BCUT2D eigenvalue weighted by Crippen LogP contribution is -2.24. The van der Waals surface area contributed by atoms with E-state index in [0.717, 1.165) is 11.3 Å². The van der Waals surface area contributed by atoms with Crippen LogP contribution in [0.15, 0.2) is 12.1 Å². The Morgan fingerprint density at radius 3 is 2.93 bits per heavy atom. The van der Waals surface area contributed by atoms with Gasteiger partial charge in [-0.1, -0.05) is 0 Å². The van der Waals surface area contributed by atoms with E-state index in [4.69, 9.17) is 10.5 Å². The number of hydrogen-bond acceptors (Lipinski definition) is 3. The van der Waals surface area contributed by atoms with Crippen LogP contribution in [0.2, 0.25) is 0 Å². The lowest BCUT2D eigenvalue weighted by atomic mass is 10.0. The van der Waals surface area contributed by atoms with Crippen LogP contribution in [0.1, 0.15) is 17.2 Å². The summed E-state index contributed by atoms with van der Waals surface area (Å²) < 4.78 is 18.9. The molecule has 1 atom stereocenters. The number of ether oxygens (including phenoxy) is 1. The van der Waals surface area contributed by atoms with Crippen molar-refractivity contribution in [2.75, 3.05) is 20.7 Å². The number of nitrogens with two attached hydrogens (primary N) is 1. The molecule has 0 saturated carbocycles. The maximum Gasteiger partial charge on any atom is 0.128 e. The highest BCUT2D eigenvalue weighted by Crippen LogP contribution is 2.38. The predicted octanol–water partition coefficient (Wildman–Crippen LogP) is 1.28. The molecule has 0 saturated heterocycles. The van der Waals surface area contributed by atoms with Crippen LogP contribution in [-0.4, -0.2) is 25.6 Å². The first-order valence-corrected chi connectivity index (χ1v) is 4.94. The van der Waals surface area contributed by atoms with Crippen LogP contribution in [0.3, 0.4) is 0 Å². The van der Waals surface area contributed by atoms with Gasteiger partial charge in [0.1, 0.15) is 11.6 Å². The number of benzene rings is 1. The minimum atomic E-state index is -0.189. The molecule has 1 aromatic carbocycles. The van der Waals surface area contributed by atoms with Gasteiger partial charge in [0, 0.05) is 24.2 Å². The summed E-state index contributed by atoms with van der Waals surface area (Å²) in [6, 6.07) is 3.08. The molecule has 4 heteroatoms. The van der Waals surface area contributed by atoms with Gasteiger partial charge in [-0.05, 0) is 19.2 Å². The fraction of sp³-hybridized carbons (Fsp3) is 0.455. The first kappa shape index (κ1) is 10.4. The summed E-state index contributed by atoms with van der Waals surface area (Å²) in [6.07, 6.45) is 0. The van der Waals surface area contributed by atoms with Crippen molar-refractivity contribution in [3.05, 3.63) is 29.1 Å². The molecule has 15 heavy (non-hydrogen) atoms. The van der Waals surface area contributed by atoms with Crippen molar-refractivity contribution in [3.8, 4) is 5.75 Å². The number of halogens is 1. The van der Waals surface area contributed by atoms with Gasteiger partial charge in [0.25, 0.3) is 0 Å². The van der Waals surface area contributed by atoms with E-state index in [9.17, 15) is 4.39 Å². The maximum absolute atomic E-state index is 13.7. The number of rotatable bonds is 2. The monoisotopic (exact) mass is 210 g/mol. The zero-order valence-corrected chi connectivity index (χ0v) is 8.96. The van der Waals surface area contributed by atoms with Gasteiger partial charge in [0.15, 0.2) is 0 Å². The maximum atomic E-state index is 13.7. The minimum absolute atomic E-state index is 0.0323. The van der Waals surface area contributed by atoms with E-state index in [1.807, 2.05) is 11.9 Å². The highest BCUT2D eigenvalue weighted by Gasteiger charge is 2.31. The molecule has 0 spiro atoms. The topological polar surface area (TPSA) is 38.5 Å². The lowest BCUT2D eigenvalue weighted by Gasteiger charge is -2.17.